The molecule has 0 unspecified atom stereocenters. The summed E-state index contributed by atoms with van der Waals surface area (Å²) in [6, 6.07) is 83.7. The number of hydrogen-bond acceptors (Lipinski definition) is 1. The van der Waals surface area contributed by atoms with E-state index in [1.807, 2.05) is 0 Å². The number of fused-ring (bicyclic) bond motifs is 5. The van der Waals surface area contributed by atoms with E-state index >= 15 is 0 Å². The molecule has 0 N–H and O–H groups in total. The van der Waals surface area contributed by atoms with Gasteiger partial charge < -0.3 is 9.47 Å². The van der Waals surface area contributed by atoms with Gasteiger partial charge >= 0.3 is 0 Å². The Morgan fingerprint density at radius 3 is 1.67 bits per heavy atom. The van der Waals surface area contributed by atoms with E-state index in [9.17, 15) is 0 Å². The molecule has 10 aromatic carbocycles. The maximum absolute atomic E-state index is 2.44. The maximum atomic E-state index is 2.44. The zero-order chi connectivity index (χ0) is 38.4. The first-order chi connectivity index (χ1) is 28.8. The summed E-state index contributed by atoms with van der Waals surface area (Å²) in [5.74, 6) is 0. The van der Waals surface area contributed by atoms with Gasteiger partial charge in [0.2, 0.25) is 0 Å². The van der Waals surface area contributed by atoms with Gasteiger partial charge in [0, 0.05) is 33.1 Å². The van der Waals surface area contributed by atoms with Crippen LogP contribution >= 0.6 is 0 Å². The highest BCUT2D eigenvalue weighted by Gasteiger charge is 2.21. The van der Waals surface area contributed by atoms with Crippen LogP contribution in [0.3, 0.4) is 0 Å². The largest absolute Gasteiger partial charge is 0.309 e. The maximum Gasteiger partial charge on any atom is 0.0541 e. The van der Waals surface area contributed by atoms with Gasteiger partial charge in [-0.15, -0.1) is 0 Å². The third kappa shape index (κ3) is 5.74. The molecular weight excluding hydrogens is 701 g/mol. The quantitative estimate of drug-likeness (QED) is 0.158. The number of aromatic nitrogens is 1. The Labute approximate surface area is 338 Å². The molecule has 0 spiro atoms. The number of anilines is 3. The van der Waals surface area contributed by atoms with Crippen LogP contribution in [0.2, 0.25) is 0 Å². The third-order valence-electron chi connectivity index (χ3n) is 11.6. The van der Waals surface area contributed by atoms with Crippen LogP contribution < -0.4 is 4.90 Å². The van der Waals surface area contributed by atoms with Crippen molar-refractivity contribution in [1.29, 1.82) is 0 Å². The van der Waals surface area contributed by atoms with Gasteiger partial charge in [0.15, 0.2) is 0 Å². The summed E-state index contributed by atoms with van der Waals surface area (Å²) in [5.41, 5.74) is 14.0. The number of rotatable bonds is 7. The van der Waals surface area contributed by atoms with Crippen LogP contribution in [0.4, 0.5) is 17.1 Å². The highest BCUT2D eigenvalue weighted by molar-refractivity contribution is 6.10. The van der Waals surface area contributed by atoms with E-state index in [0.717, 1.165) is 22.7 Å². The highest BCUT2D eigenvalue weighted by Crippen LogP contribution is 2.46. The third-order valence-corrected chi connectivity index (χ3v) is 11.6. The predicted octanol–water partition coefficient (Wildman–Crippen LogP) is 15.6. The summed E-state index contributed by atoms with van der Waals surface area (Å²) < 4.78 is 2.39. The summed E-state index contributed by atoms with van der Waals surface area (Å²) in [4.78, 5) is 2.44. The summed E-state index contributed by atoms with van der Waals surface area (Å²) in [6.45, 7) is 0. The van der Waals surface area contributed by atoms with E-state index in [-0.39, 0.29) is 0 Å². The zero-order valence-corrected chi connectivity index (χ0v) is 31.8. The fraction of sp³-hybridized carbons (Fsp3) is 0. The molecule has 0 fully saturated rings. The van der Waals surface area contributed by atoms with Crippen molar-refractivity contribution < 1.29 is 0 Å². The lowest BCUT2D eigenvalue weighted by Gasteiger charge is -2.29. The van der Waals surface area contributed by atoms with E-state index in [1.54, 1.807) is 0 Å². The van der Waals surface area contributed by atoms with Crippen LogP contribution in [0, 0.1) is 0 Å². The highest BCUT2D eigenvalue weighted by atomic mass is 15.1. The van der Waals surface area contributed by atoms with Gasteiger partial charge in [-0.3, -0.25) is 0 Å². The smallest absolute Gasteiger partial charge is 0.0541 e. The van der Waals surface area contributed by atoms with Gasteiger partial charge in [0.25, 0.3) is 0 Å². The van der Waals surface area contributed by atoms with E-state index in [2.05, 4.69) is 240 Å². The van der Waals surface area contributed by atoms with Crippen LogP contribution in [0.5, 0.6) is 0 Å². The molecule has 1 aromatic heterocycles. The molecule has 0 bridgehead atoms. The van der Waals surface area contributed by atoms with E-state index < -0.39 is 0 Å². The minimum absolute atomic E-state index is 1.09. The minimum Gasteiger partial charge on any atom is -0.309 e. The van der Waals surface area contributed by atoms with E-state index in [1.165, 1.54) is 76.7 Å². The molecule has 0 aliphatic heterocycles. The van der Waals surface area contributed by atoms with Crippen LogP contribution in [0.1, 0.15) is 0 Å². The number of hydrogen-bond donors (Lipinski definition) is 0. The Bertz CT molecular complexity index is 3230. The topological polar surface area (TPSA) is 8.17 Å². The Balaban J connectivity index is 1.06. The molecule has 2 nitrogen and oxygen atoms in total. The molecule has 1 heterocycles. The van der Waals surface area contributed by atoms with Crippen molar-refractivity contribution in [2.75, 3.05) is 4.90 Å². The molecule has 272 valence electrons. The van der Waals surface area contributed by atoms with Gasteiger partial charge in [-0.25, -0.2) is 0 Å². The monoisotopic (exact) mass is 738 g/mol. The first kappa shape index (κ1) is 33.6. The van der Waals surface area contributed by atoms with Crippen LogP contribution in [-0.4, -0.2) is 4.57 Å². The molecular formula is C56H38N2. The molecule has 0 radical (unpaired) electrons. The van der Waals surface area contributed by atoms with Crippen molar-refractivity contribution in [3.05, 3.63) is 231 Å². The molecule has 0 amide bonds. The second-order valence-electron chi connectivity index (χ2n) is 14.9. The van der Waals surface area contributed by atoms with Crippen LogP contribution in [-0.2, 0) is 0 Å². The van der Waals surface area contributed by atoms with Crippen molar-refractivity contribution in [2.45, 2.75) is 0 Å². The Kier molecular flexibility index (Phi) is 8.19. The molecule has 2 heteroatoms. The molecule has 0 saturated heterocycles. The molecule has 11 aromatic rings. The molecule has 0 aliphatic rings. The number of nitrogens with zero attached hydrogens (tertiary/aromatic N) is 2. The average molecular weight is 739 g/mol. The van der Waals surface area contributed by atoms with Crippen LogP contribution in [0.15, 0.2) is 231 Å². The van der Waals surface area contributed by atoms with Crippen molar-refractivity contribution >= 4 is 60.4 Å². The summed E-state index contributed by atoms with van der Waals surface area (Å²) in [6.07, 6.45) is 0. The lowest BCUT2D eigenvalue weighted by Crippen LogP contribution is -2.12. The standard InChI is InChI=1S/C56H38N2/c1-2-16-41(17-3-1)48-21-8-11-26-53(48)57(56-36-35-47(49-22-6-7-23-50(49)56)44-30-29-39-15-4-5-18-42(39)37-44)45-33-31-40(32-34-45)43-19-14-20-46(38-43)58-54-27-12-9-24-51(54)52-25-10-13-28-55(52)58/h1-38H. The normalized spacial score (nSPS) is 11.4. The summed E-state index contributed by atoms with van der Waals surface area (Å²) in [7, 11) is 0. The Hall–Kier alpha value is -7.68. The second-order valence-corrected chi connectivity index (χ2v) is 14.9. The molecule has 58 heavy (non-hydrogen) atoms. The fourth-order valence-electron chi connectivity index (χ4n) is 8.85. The average Bonchev–Trinajstić information content (AvgIpc) is 3.64. The van der Waals surface area contributed by atoms with Crippen LogP contribution in [0.25, 0.3) is 82.4 Å². The Morgan fingerprint density at radius 2 is 0.897 bits per heavy atom. The first-order valence-electron chi connectivity index (χ1n) is 19.9. The van der Waals surface area contributed by atoms with Gasteiger partial charge in [0.1, 0.15) is 0 Å². The van der Waals surface area contributed by atoms with Gasteiger partial charge in [-0.05, 0) is 98.6 Å². The number of para-hydroxylation sites is 3. The SMILES string of the molecule is c1ccc(-c2ccccc2N(c2ccc(-c3cccc(-n4c5ccccc5c5ccccc54)c3)cc2)c2ccc(-c3ccc4ccccc4c3)c3ccccc23)cc1. The first-order valence-corrected chi connectivity index (χ1v) is 19.9. The molecule has 0 saturated carbocycles. The van der Waals surface area contributed by atoms with Gasteiger partial charge in [-0.2, -0.15) is 0 Å². The predicted molar refractivity (Wildman–Crippen MR) is 247 cm³/mol. The van der Waals surface area contributed by atoms with Gasteiger partial charge in [-0.1, -0.05) is 176 Å². The zero-order valence-electron chi connectivity index (χ0n) is 31.8. The molecule has 0 atom stereocenters. The molecule has 0 aliphatic carbocycles. The number of benzene rings is 10. The van der Waals surface area contributed by atoms with E-state index in [0.29, 0.717) is 0 Å². The summed E-state index contributed by atoms with van der Waals surface area (Å²) in [5, 5.41) is 7.43. The fourth-order valence-corrected chi connectivity index (χ4v) is 8.85. The van der Waals surface area contributed by atoms with Gasteiger partial charge in [0.05, 0.1) is 22.4 Å². The Morgan fingerprint density at radius 1 is 0.293 bits per heavy atom. The molecule has 11 rings (SSSR count). The minimum atomic E-state index is 1.09. The second kappa shape index (κ2) is 14.1. The van der Waals surface area contributed by atoms with Crippen molar-refractivity contribution in [3.8, 4) is 39.1 Å². The lowest BCUT2D eigenvalue weighted by atomic mass is 9.94. The lowest BCUT2D eigenvalue weighted by molar-refractivity contribution is 1.18. The van der Waals surface area contributed by atoms with E-state index in [4.69, 9.17) is 0 Å². The van der Waals surface area contributed by atoms with Crippen molar-refractivity contribution in [2.24, 2.45) is 0 Å². The van der Waals surface area contributed by atoms with Crippen molar-refractivity contribution in [3.63, 3.8) is 0 Å². The summed E-state index contributed by atoms with van der Waals surface area (Å²) >= 11 is 0. The van der Waals surface area contributed by atoms with Crippen molar-refractivity contribution in [1.82, 2.24) is 4.57 Å².